The summed E-state index contributed by atoms with van der Waals surface area (Å²) in [7, 11) is 4.10. The maximum atomic E-state index is 11.6. The number of piperidine rings is 1. The summed E-state index contributed by atoms with van der Waals surface area (Å²) >= 11 is 0. The Morgan fingerprint density at radius 3 is 2.25 bits per heavy atom. The van der Waals surface area contributed by atoms with Gasteiger partial charge in [-0.1, -0.05) is 0 Å². The molecule has 0 unspecified atom stereocenters. The van der Waals surface area contributed by atoms with Crippen LogP contribution in [0.1, 0.15) is 25.7 Å². The molecule has 92 valence electrons. The third-order valence-electron chi connectivity index (χ3n) is 3.10. The van der Waals surface area contributed by atoms with Crippen LogP contribution >= 0.6 is 0 Å². The lowest BCUT2D eigenvalue weighted by molar-refractivity contribution is -0.141. The first-order chi connectivity index (χ1) is 7.50. The predicted molar refractivity (Wildman–Crippen MR) is 60.2 cm³/mol. The molecule has 1 aliphatic rings. The van der Waals surface area contributed by atoms with Crippen LogP contribution in [0.4, 0.5) is 0 Å². The first kappa shape index (κ1) is 13.0. The van der Waals surface area contributed by atoms with Gasteiger partial charge in [-0.25, -0.2) is 0 Å². The summed E-state index contributed by atoms with van der Waals surface area (Å²) in [4.78, 5) is 25.9. The van der Waals surface area contributed by atoms with Crippen LogP contribution in [0.2, 0.25) is 0 Å². The number of rotatable bonds is 4. The first-order valence-electron chi connectivity index (χ1n) is 5.66. The van der Waals surface area contributed by atoms with Crippen molar-refractivity contribution in [1.82, 2.24) is 9.80 Å². The molecule has 0 aromatic heterocycles. The number of carbonyl (C=O) groups excluding carboxylic acids is 1. The van der Waals surface area contributed by atoms with Crippen molar-refractivity contribution < 1.29 is 14.7 Å². The van der Waals surface area contributed by atoms with E-state index in [0.717, 1.165) is 25.9 Å². The smallest absolute Gasteiger partial charge is 0.303 e. The number of hydrogen-bond donors (Lipinski definition) is 1. The van der Waals surface area contributed by atoms with E-state index in [4.69, 9.17) is 5.11 Å². The second kappa shape index (κ2) is 5.84. The Morgan fingerprint density at radius 1 is 1.25 bits per heavy atom. The van der Waals surface area contributed by atoms with Gasteiger partial charge < -0.3 is 14.9 Å². The van der Waals surface area contributed by atoms with Gasteiger partial charge in [0.1, 0.15) is 0 Å². The standard InChI is InChI=1S/C11H20N2O3/c1-12(2)9-5-7-13(8-6-9)10(14)3-4-11(15)16/h9H,3-8H2,1-2H3,(H,15,16). The highest BCUT2D eigenvalue weighted by Crippen LogP contribution is 2.15. The van der Waals surface area contributed by atoms with E-state index < -0.39 is 5.97 Å². The Hall–Kier alpha value is -1.10. The monoisotopic (exact) mass is 228 g/mol. The molecule has 5 heteroatoms. The van der Waals surface area contributed by atoms with Crippen LogP contribution < -0.4 is 0 Å². The highest BCUT2D eigenvalue weighted by Gasteiger charge is 2.23. The van der Waals surface area contributed by atoms with E-state index >= 15 is 0 Å². The van der Waals surface area contributed by atoms with E-state index in [-0.39, 0.29) is 18.7 Å². The fourth-order valence-electron chi connectivity index (χ4n) is 2.00. The molecule has 1 heterocycles. The van der Waals surface area contributed by atoms with Crippen molar-refractivity contribution in [2.24, 2.45) is 0 Å². The fourth-order valence-corrected chi connectivity index (χ4v) is 2.00. The minimum Gasteiger partial charge on any atom is -0.481 e. The molecule has 1 saturated heterocycles. The van der Waals surface area contributed by atoms with E-state index in [2.05, 4.69) is 4.90 Å². The minimum atomic E-state index is -0.906. The molecule has 0 aromatic rings. The van der Waals surface area contributed by atoms with Gasteiger partial charge in [0.2, 0.25) is 5.91 Å². The van der Waals surface area contributed by atoms with Gasteiger partial charge in [-0.15, -0.1) is 0 Å². The van der Waals surface area contributed by atoms with Gasteiger partial charge in [0.15, 0.2) is 0 Å². The second-order valence-electron chi connectivity index (χ2n) is 4.47. The molecule has 5 nitrogen and oxygen atoms in total. The van der Waals surface area contributed by atoms with Gasteiger partial charge in [-0.05, 0) is 26.9 Å². The molecule has 1 rings (SSSR count). The molecule has 1 N–H and O–H groups in total. The van der Waals surface area contributed by atoms with Crippen molar-refractivity contribution in [2.75, 3.05) is 27.2 Å². The van der Waals surface area contributed by atoms with E-state index in [9.17, 15) is 9.59 Å². The molecule has 0 aromatic carbocycles. The van der Waals surface area contributed by atoms with Crippen molar-refractivity contribution >= 4 is 11.9 Å². The van der Waals surface area contributed by atoms with Gasteiger partial charge in [-0.3, -0.25) is 9.59 Å². The quantitative estimate of drug-likeness (QED) is 0.757. The Bertz CT molecular complexity index is 258. The zero-order valence-corrected chi connectivity index (χ0v) is 9.98. The molecule has 0 radical (unpaired) electrons. The SMILES string of the molecule is CN(C)C1CCN(C(=O)CCC(=O)O)CC1. The molecular weight excluding hydrogens is 208 g/mol. The minimum absolute atomic E-state index is 0.0281. The number of carboxylic acids is 1. The molecular formula is C11H20N2O3. The van der Waals surface area contributed by atoms with Crippen molar-refractivity contribution in [3.05, 3.63) is 0 Å². The van der Waals surface area contributed by atoms with E-state index in [1.807, 2.05) is 14.1 Å². The average molecular weight is 228 g/mol. The number of carboxylic acid groups (broad SMARTS) is 1. The van der Waals surface area contributed by atoms with Crippen LogP contribution in [0.3, 0.4) is 0 Å². The summed E-state index contributed by atoms with van der Waals surface area (Å²) in [5.74, 6) is -0.934. The van der Waals surface area contributed by atoms with Gasteiger partial charge in [0, 0.05) is 25.6 Å². The zero-order chi connectivity index (χ0) is 12.1. The highest BCUT2D eigenvalue weighted by molar-refractivity contribution is 5.80. The average Bonchev–Trinajstić information content (AvgIpc) is 2.26. The number of carbonyl (C=O) groups is 2. The second-order valence-corrected chi connectivity index (χ2v) is 4.47. The summed E-state index contributed by atoms with van der Waals surface area (Å²) in [5.41, 5.74) is 0. The highest BCUT2D eigenvalue weighted by atomic mass is 16.4. The predicted octanol–water partition coefficient (Wildman–Crippen LogP) is 0.404. The van der Waals surface area contributed by atoms with E-state index in [1.54, 1.807) is 4.90 Å². The summed E-state index contributed by atoms with van der Waals surface area (Å²) in [6.07, 6.45) is 2.02. The molecule has 0 bridgehead atoms. The van der Waals surface area contributed by atoms with Gasteiger partial charge in [0.05, 0.1) is 6.42 Å². The Kier molecular flexibility index (Phi) is 4.73. The largest absolute Gasteiger partial charge is 0.481 e. The molecule has 1 amide bonds. The molecule has 1 fully saturated rings. The molecule has 0 atom stereocenters. The van der Waals surface area contributed by atoms with E-state index in [0.29, 0.717) is 6.04 Å². The number of likely N-dealkylation sites (tertiary alicyclic amines) is 1. The van der Waals surface area contributed by atoms with Crippen LogP contribution in [-0.2, 0) is 9.59 Å². The topological polar surface area (TPSA) is 60.9 Å². The summed E-state index contributed by atoms with van der Waals surface area (Å²) in [6, 6.07) is 0.545. The van der Waals surface area contributed by atoms with Gasteiger partial charge in [-0.2, -0.15) is 0 Å². The molecule has 1 aliphatic heterocycles. The number of hydrogen-bond acceptors (Lipinski definition) is 3. The Balaban J connectivity index is 2.30. The number of nitrogens with zero attached hydrogens (tertiary/aromatic N) is 2. The third-order valence-corrected chi connectivity index (χ3v) is 3.10. The maximum absolute atomic E-state index is 11.6. The normalized spacial score (nSPS) is 17.8. The zero-order valence-electron chi connectivity index (χ0n) is 9.98. The molecule has 16 heavy (non-hydrogen) atoms. The molecule has 0 saturated carbocycles. The van der Waals surface area contributed by atoms with E-state index in [1.165, 1.54) is 0 Å². The molecule has 0 aliphatic carbocycles. The van der Waals surface area contributed by atoms with Crippen LogP contribution in [-0.4, -0.2) is 60.0 Å². The fraction of sp³-hybridized carbons (Fsp3) is 0.818. The van der Waals surface area contributed by atoms with Crippen molar-refractivity contribution in [2.45, 2.75) is 31.7 Å². The van der Waals surface area contributed by atoms with Crippen molar-refractivity contribution in [3.63, 3.8) is 0 Å². The Morgan fingerprint density at radius 2 is 1.81 bits per heavy atom. The lowest BCUT2D eigenvalue weighted by atomic mass is 10.0. The summed E-state index contributed by atoms with van der Waals surface area (Å²) in [6.45, 7) is 1.50. The van der Waals surface area contributed by atoms with Crippen LogP contribution in [0.25, 0.3) is 0 Å². The first-order valence-corrected chi connectivity index (χ1v) is 5.66. The lowest BCUT2D eigenvalue weighted by Crippen LogP contribution is -2.44. The number of amides is 1. The lowest BCUT2D eigenvalue weighted by Gasteiger charge is -2.35. The molecule has 0 spiro atoms. The summed E-state index contributed by atoms with van der Waals surface area (Å²) < 4.78 is 0. The van der Waals surface area contributed by atoms with Gasteiger partial charge >= 0.3 is 5.97 Å². The van der Waals surface area contributed by atoms with Crippen LogP contribution in [0.15, 0.2) is 0 Å². The van der Waals surface area contributed by atoms with Gasteiger partial charge in [0.25, 0.3) is 0 Å². The third kappa shape index (κ3) is 3.81. The Labute approximate surface area is 96.0 Å². The maximum Gasteiger partial charge on any atom is 0.303 e. The number of aliphatic carboxylic acids is 1. The van der Waals surface area contributed by atoms with Crippen LogP contribution in [0.5, 0.6) is 0 Å². The van der Waals surface area contributed by atoms with Crippen molar-refractivity contribution in [3.8, 4) is 0 Å². The van der Waals surface area contributed by atoms with Crippen LogP contribution in [0, 0.1) is 0 Å². The van der Waals surface area contributed by atoms with Crippen molar-refractivity contribution in [1.29, 1.82) is 0 Å². The summed E-state index contributed by atoms with van der Waals surface area (Å²) in [5, 5.41) is 8.50.